The van der Waals surface area contributed by atoms with Crippen LogP contribution in [0.4, 0.5) is 5.69 Å². The number of ether oxygens (including phenoxy) is 1. The lowest BCUT2D eigenvalue weighted by Crippen LogP contribution is -2.35. The van der Waals surface area contributed by atoms with E-state index in [1.54, 1.807) is 18.2 Å². The summed E-state index contributed by atoms with van der Waals surface area (Å²) in [7, 11) is -2.18. The summed E-state index contributed by atoms with van der Waals surface area (Å²) in [5, 5.41) is 3.50. The summed E-state index contributed by atoms with van der Waals surface area (Å²) in [6.45, 7) is 1.00. The molecular formula is C20H22Cl2N2O4S. The fourth-order valence-electron chi connectivity index (χ4n) is 3.26. The zero-order valence-corrected chi connectivity index (χ0v) is 18.3. The molecule has 0 unspecified atom stereocenters. The molecule has 6 nitrogen and oxygen atoms in total. The van der Waals surface area contributed by atoms with Crippen LogP contribution in [0.15, 0.2) is 41.3 Å². The van der Waals surface area contributed by atoms with E-state index >= 15 is 0 Å². The molecule has 1 saturated heterocycles. The number of halogens is 2. The predicted octanol–water partition coefficient (Wildman–Crippen LogP) is 4.36. The predicted molar refractivity (Wildman–Crippen MR) is 114 cm³/mol. The van der Waals surface area contributed by atoms with E-state index < -0.39 is 10.0 Å². The molecule has 29 heavy (non-hydrogen) atoms. The van der Waals surface area contributed by atoms with E-state index in [0.29, 0.717) is 34.4 Å². The third kappa shape index (κ3) is 5.04. The van der Waals surface area contributed by atoms with Crippen LogP contribution in [0.3, 0.4) is 0 Å². The molecule has 156 valence electrons. The molecule has 0 bridgehead atoms. The van der Waals surface area contributed by atoms with Crippen molar-refractivity contribution in [2.24, 2.45) is 0 Å². The molecule has 1 aliphatic heterocycles. The van der Waals surface area contributed by atoms with Gasteiger partial charge in [-0.2, -0.15) is 4.31 Å². The van der Waals surface area contributed by atoms with Gasteiger partial charge in [0.1, 0.15) is 5.75 Å². The van der Waals surface area contributed by atoms with Crippen molar-refractivity contribution < 1.29 is 17.9 Å². The van der Waals surface area contributed by atoms with Gasteiger partial charge in [0.15, 0.2) is 0 Å². The summed E-state index contributed by atoms with van der Waals surface area (Å²) < 4.78 is 32.6. The first kappa shape index (κ1) is 21.9. The maximum absolute atomic E-state index is 12.9. The normalized spacial score (nSPS) is 15.1. The van der Waals surface area contributed by atoms with E-state index in [2.05, 4.69) is 5.32 Å². The highest BCUT2D eigenvalue weighted by Gasteiger charge is 2.27. The average molecular weight is 457 g/mol. The van der Waals surface area contributed by atoms with E-state index in [4.69, 9.17) is 27.9 Å². The summed E-state index contributed by atoms with van der Waals surface area (Å²) >= 11 is 12.3. The summed E-state index contributed by atoms with van der Waals surface area (Å²) in [4.78, 5) is 12.7. The van der Waals surface area contributed by atoms with E-state index in [1.165, 1.54) is 29.6 Å². The molecule has 2 aromatic rings. The molecule has 1 heterocycles. The molecule has 0 radical (unpaired) electrons. The summed E-state index contributed by atoms with van der Waals surface area (Å²) in [5.74, 6) is -0.0213. The Kier molecular flexibility index (Phi) is 7.05. The van der Waals surface area contributed by atoms with Crippen molar-refractivity contribution in [1.29, 1.82) is 0 Å². The van der Waals surface area contributed by atoms with Gasteiger partial charge in [-0.05, 0) is 48.7 Å². The maximum Gasteiger partial charge on any atom is 0.243 e. The number of anilines is 1. The van der Waals surface area contributed by atoms with Gasteiger partial charge < -0.3 is 10.1 Å². The van der Waals surface area contributed by atoms with Crippen LogP contribution in [-0.4, -0.2) is 38.8 Å². The van der Waals surface area contributed by atoms with Crippen LogP contribution in [0, 0.1) is 0 Å². The van der Waals surface area contributed by atoms with E-state index in [9.17, 15) is 13.2 Å². The fraction of sp³-hybridized carbons (Fsp3) is 0.350. The fourth-order valence-corrected chi connectivity index (χ4v) is 5.33. The minimum absolute atomic E-state index is 0.0508. The van der Waals surface area contributed by atoms with Crippen LogP contribution in [-0.2, 0) is 21.2 Å². The Morgan fingerprint density at radius 2 is 1.76 bits per heavy atom. The molecule has 0 saturated carbocycles. The van der Waals surface area contributed by atoms with Crippen LogP contribution in [0.1, 0.15) is 24.8 Å². The first-order valence-electron chi connectivity index (χ1n) is 9.24. The van der Waals surface area contributed by atoms with Crippen molar-refractivity contribution in [1.82, 2.24) is 4.31 Å². The molecule has 3 rings (SSSR count). The largest absolute Gasteiger partial charge is 0.495 e. The smallest absolute Gasteiger partial charge is 0.243 e. The molecule has 0 aromatic heterocycles. The Labute approximate surface area is 180 Å². The van der Waals surface area contributed by atoms with Gasteiger partial charge in [-0.15, -0.1) is 0 Å². The van der Waals surface area contributed by atoms with Crippen molar-refractivity contribution in [3.8, 4) is 5.75 Å². The van der Waals surface area contributed by atoms with Crippen LogP contribution in [0.25, 0.3) is 0 Å². The van der Waals surface area contributed by atoms with Crippen molar-refractivity contribution >= 4 is 44.8 Å². The second-order valence-corrected chi connectivity index (χ2v) is 9.50. The summed E-state index contributed by atoms with van der Waals surface area (Å²) in [5.41, 5.74) is 0.781. The molecule has 1 fully saturated rings. The van der Waals surface area contributed by atoms with Crippen LogP contribution >= 0.6 is 23.2 Å². The zero-order chi connectivity index (χ0) is 21.0. The Bertz CT molecular complexity index is 985. The van der Waals surface area contributed by atoms with Gasteiger partial charge >= 0.3 is 0 Å². The molecule has 2 aromatic carbocycles. The number of nitrogens with one attached hydrogen (secondary N) is 1. The highest BCUT2D eigenvalue weighted by Crippen LogP contribution is 2.31. The Morgan fingerprint density at radius 3 is 2.38 bits per heavy atom. The van der Waals surface area contributed by atoms with Gasteiger partial charge in [-0.25, -0.2) is 8.42 Å². The van der Waals surface area contributed by atoms with Crippen LogP contribution < -0.4 is 10.1 Å². The Balaban J connectivity index is 1.84. The molecule has 0 spiro atoms. The lowest BCUT2D eigenvalue weighted by molar-refractivity contribution is -0.115. The van der Waals surface area contributed by atoms with Crippen LogP contribution in [0.2, 0.25) is 10.0 Å². The summed E-state index contributed by atoms with van der Waals surface area (Å²) in [6, 6.07) is 9.46. The minimum Gasteiger partial charge on any atom is -0.495 e. The zero-order valence-electron chi connectivity index (χ0n) is 16.0. The standard InChI is InChI=1S/C20H22Cl2N2O4S/c1-28-19-9-8-14(29(26,27)24-10-3-2-4-11-24)12-18(19)23-20(25)13-15-16(21)6-5-7-17(15)22/h5-9,12H,2-4,10-11,13H2,1H3,(H,23,25). The van der Waals surface area contributed by atoms with Crippen molar-refractivity contribution in [3.63, 3.8) is 0 Å². The topological polar surface area (TPSA) is 75.7 Å². The molecule has 1 aliphatic rings. The van der Waals surface area contributed by atoms with Gasteiger partial charge in [-0.3, -0.25) is 4.79 Å². The first-order chi connectivity index (χ1) is 13.8. The van der Waals surface area contributed by atoms with E-state index in [-0.39, 0.29) is 22.9 Å². The number of rotatable bonds is 6. The number of nitrogens with zero attached hydrogens (tertiary/aromatic N) is 1. The number of carbonyl (C=O) groups is 1. The molecular weight excluding hydrogens is 435 g/mol. The highest BCUT2D eigenvalue weighted by molar-refractivity contribution is 7.89. The lowest BCUT2D eigenvalue weighted by Gasteiger charge is -2.26. The molecule has 0 aliphatic carbocycles. The quantitative estimate of drug-likeness (QED) is 0.700. The van der Waals surface area contributed by atoms with E-state index in [1.807, 2.05) is 0 Å². The van der Waals surface area contributed by atoms with Gasteiger partial charge in [-0.1, -0.05) is 35.7 Å². The third-order valence-corrected chi connectivity index (χ3v) is 7.40. The van der Waals surface area contributed by atoms with Crippen molar-refractivity contribution in [2.45, 2.75) is 30.6 Å². The highest BCUT2D eigenvalue weighted by atomic mass is 35.5. The number of hydrogen-bond donors (Lipinski definition) is 1. The Hall–Kier alpha value is -1.80. The average Bonchev–Trinajstić information content (AvgIpc) is 2.71. The number of benzene rings is 2. The van der Waals surface area contributed by atoms with Crippen molar-refractivity contribution in [3.05, 3.63) is 52.0 Å². The van der Waals surface area contributed by atoms with Gasteiger partial charge in [0.05, 0.1) is 24.1 Å². The maximum atomic E-state index is 12.9. The second kappa shape index (κ2) is 9.34. The van der Waals surface area contributed by atoms with Crippen LogP contribution in [0.5, 0.6) is 5.75 Å². The lowest BCUT2D eigenvalue weighted by atomic mass is 10.1. The van der Waals surface area contributed by atoms with Gasteiger partial charge in [0, 0.05) is 23.1 Å². The molecule has 1 amide bonds. The third-order valence-electron chi connectivity index (χ3n) is 4.80. The SMILES string of the molecule is COc1ccc(S(=O)(=O)N2CCCCC2)cc1NC(=O)Cc1c(Cl)cccc1Cl. The van der Waals surface area contributed by atoms with Gasteiger partial charge in [0.25, 0.3) is 0 Å². The molecule has 1 N–H and O–H groups in total. The molecule has 0 atom stereocenters. The number of piperidine rings is 1. The number of amides is 1. The number of hydrogen-bond acceptors (Lipinski definition) is 4. The molecule has 9 heteroatoms. The Morgan fingerprint density at radius 1 is 1.10 bits per heavy atom. The minimum atomic E-state index is -3.63. The number of sulfonamides is 1. The van der Waals surface area contributed by atoms with Gasteiger partial charge in [0.2, 0.25) is 15.9 Å². The monoisotopic (exact) mass is 456 g/mol. The first-order valence-corrected chi connectivity index (χ1v) is 11.4. The van der Waals surface area contributed by atoms with Crippen molar-refractivity contribution in [2.75, 3.05) is 25.5 Å². The number of carbonyl (C=O) groups excluding carboxylic acids is 1. The van der Waals surface area contributed by atoms with E-state index in [0.717, 1.165) is 19.3 Å². The second-order valence-electron chi connectivity index (χ2n) is 6.75. The number of methoxy groups -OCH3 is 1. The summed E-state index contributed by atoms with van der Waals surface area (Å²) in [6.07, 6.45) is 2.67.